The average molecular weight is 455 g/mol. The second-order valence-electron chi connectivity index (χ2n) is 8.15. The topological polar surface area (TPSA) is 125 Å². The molecule has 2 aromatic carbocycles. The summed E-state index contributed by atoms with van der Waals surface area (Å²) in [7, 11) is 0. The number of carbonyl (C=O) groups excluding carboxylic acids is 2. The molecule has 2 aromatic rings. The van der Waals surface area contributed by atoms with Gasteiger partial charge in [0.05, 0.1) is 6.61 Å². The number of carboxylic acids is 1. The molecule has 2 amide bonds. The van der Waals surface area contributed by atoms with Gasteiger partial charge < -0.3 is 25.6 Å². The summed E-state index contributed by atoms with van der Waals surface area (Å²) in [4.78, 5) is 35.8. The molecule has 8 heteroatoms. The van der Waals surface area contributed by atoms with E-state index in [2.05, 4.69) is 22.8 Å². The van der Waals surface area contributed by atoms with Crippen LogP contribution in [0.5, 0.6) is 0 Å². The van der Waals surface area contributed by atoms with Crippen LogP contribution in [0.3, 0.4) is 0 Å². The first-order chi connectivity index (χ1) is 15.9. The first-order valence-electron chi connectivity index (χ1n) is 11.2. The Balaban J connectivity index is 1.60. The van der Waals surface area contributed by atoms with E-state index in [-0.39, 0.29) is 18.9 Å². The number of alkyl carbamates (subject to hydrolysis) is 1. The molecule has 176 valence electrons. The average Bonchev–Trinajstić information content (AvgIpc) is 3.13. The molecular weight excluding hydrogens is 424 g/mol. The van der Waals surface area contributed by atoms with E-state index in [4.69, 9.17) is 14.9 Å². The number of carboxylic acid groups (broad SMARTS) is 1. The normalized spacial score (nSPS) is 14.0. The Labute approximate surface area is 193 Å². The number of unbranched alkanes of at least 4 members (excludes halogenated alkanes) is 1. The van der Waals surface area contributed by atoms with Crippen molar-refractivity contribution < 1.29 is 29.3 Å². The van der Waals surface area contributed by atoms with Crippen molar-refractivity contribution in [2.75, 3.05) is 13.2 Å². The number of fused-ring (bicyclic) bond motifs is 3. The monoisotopic (exact) mass is 454 g/mol. The highest BCUT2D eigenvalue weighted by atomic mass is 16.5. The van der Waals surface area contributed by atoms with Gasteiger partial charge in [0.15, 0.2) is 0 Å². The lowest BCUT2D eigenvalue weighted by Crippen LogP contribution is -2.46. The van der Waals surface area contributed by atoms with Gasteiger partial charge in [-0.25, -0.2) is 9.59 Å². The molecule has 0 bridgehead atoms. The summed E-state index contributed by atoms with van der Waals surface area (Å²) in [5.74, 6) is -1.95. The maximum atomic E-state index is 12.6. The molecule has 2 atom stereocenters. The smallest absolute Gasteiger partial charge is 0.407 e. The Kier molecular flexibility index (Phi) is 8.43. The van der Waals surface area contributed by atoms with Crippen molar-refractivity contribution in [2.45, 2.75) is 50.6 Å². The summed E-state index contributed by atoms with van der Waals surface area (Å²) in [6.07, 6.45) is 1.48. The molecule has 0 aliphatic heterocycles. The lowest BCUT2D eigenvalue weighted by Gasteiger charge is -2.20. The molecule has 4 N–H and O–H groups in total. The van der Waals surface area contributed by atoms with E-state index >= 15 is 0 Å². The quantitative estimate of drug-likeness (QED) is 0.414. The number of aliphatic hydroxyl groups is 1. The standard InChI is InChI=1S/C25H30N2O6/c1-2-3-8-16(13-23(29)27-22(14-28)24(30)31)26-25(32)33-15-21-19-11-6-4-9-17(19)18-10-5-7-12-20(18)21/h4-7,9-12,16,21-22,28H,2-3,8,13-15H2,1H3,(H,26,32)(H,27,29)(H,30,31)/t16-,22?/m0/s1. The van der Waals surface area contributed by atoms with Crippen LogP contribution >= 0.6 is 0 Å². The Bertz CT molecular complexity index is 947. The third-order valence-electron chi connectivity index (χ3n) is 5.82. The molecule has 0 radical (unpaired) electrons. The zero-order chi connectivity index (χ0) is 23.8. The summed E-state index contributed by atoms with van der Waals surface area (Å²) in [5, 5.41) is 23.1. The van der Waals surface area contributed by atoms with Crippen molar-refractivity contribution in [3.8, 4) is 11.1 Å². The number of ether oxygens (including phenoxy) is 1. The molecule has 0 heterocycles. The van der Waals surface area contributed by atoms with Gasteiger partial charge in [-0.05, 0) is 28.7 Å². The highest BCUT2D eigenvalue weighted by Crippen LogP contribution is 2.44. The number of amides is 2. The minimum atomic E-state index is -1.38. The Morgan fingerprint density at radius 3 is 2.15 bits per heavy atom. The second-order valence-corrected chi connectivity index (χ2v) is 8.15. The van der Waals surface area contributed by atoms with Gasteiger partial charge in [-0.15, -0.1) is 0 Å². The molecule has 0 spiro atoms. The predicted molar refractivity (Wildman–Crippen MR) is 123 cm³/mol. The number of nitrogens with one attached hydrogen (secondary N) is 2. The maximum absolute atomic E-state index is 12.6. The van der Waals surface area contributed by atoms with Crippen molar-refractivity contribution in [1.82, 2.24) is 10.6 Å². The fraction of sp³-hybridized carbons (Fsp3) is 0.400. The van der Waals surface area contributed by atoms with E-state index in [1.807, 2.05) is 43.3 Å². The summed E-state index contributed by atoms with van der Waals surface area (Å²) >= 11 is 0. The van der Waals surface area contributed by atoms with Crippen LogP contribution < -0.4 is 10.6 Å². The molecular formula is C25H30N2O6. The maximum Gasteiger partial charge on any atom is 0.407 e. The van der Waals surface area contributed by atoms with Crippen molar-refractivity contribution in [3.05, 3.63) is 59.7 Å². The molecule has 0 fully saturated rings. The van der Waals surface area contributed by atoms with Crippen molar-refractivity contribution in [2.24, 2.45) is 0 Å². The lowest BCUT2D eigenvalue weighted by molar-refractivity contribution is -0.143. The molecule has 8 nitrogen and oxygen atoms in total. The summed E-state index contributed by atoms with van der Waals surface area (Å²) in [6, 6.07) is 14.2. The minimum Gasteiger partial charge on any atom is -0.480 e. The fourth-order valence-electron chi connectivity index (χ4n) is 4.15. The SMILES string of the molecule is CCCC[C@@H](CC(=O)NC(CO)C(=O)O)NC(=O)OCC1c2ccccc2-c2ccccc21. The van der Waals surface area contributed by atoms with Crippen LogP contribution in [0.2, 0.25) is 0 Å². The van der Waals surface area contributed by atoms with E-state index in [9.17, 15) is 14.4 Å². The van der Waals surface area contributed by atoms with E-state index < -0.39 is 36.7 Å². The van der Waals surface area contributed by atoms with Gasteiger partial charge in [0.2, 0.25) is 5.91 Å². The number of hydrogen-bond acceptors (Lipinski definition) is 5. The van der Waals surface area contributed by atoms with Crippen LogP contribution in [0.25, 0.3) is 11.1 Å². The number of aliphatic hydroxyl groups excluding tert-OH is 1. The first kappa shape index (κ1) is 24.3. The van der Waals surface area contributed by atoms with Gasteiger partial charge in [0, 0.05) is 18.4 Å². The highest BCUT2D eigenvalue weighted by Gasteiger charge is 2.29. The predicted octanol–water partition coefficient (Wildman–Crippen LogP) is 3.04. The van der Waals surface area contributed by atoms with Gasteiger partial charge in [-0.3, -0.25) is 4.79 Å². The van der Waals surface area contributed by atoms with Gasteiger partial charge in [-0.1, -0.05) is 68.3 Å². The van der Waals surface area contributed by atoms with E-state index in [1.165, 1.54) is 0 Å². The van der Waals surface area contributed by atoms with Crippen LogP contribution in [-0.4, -0.2) is 53.5 Å². The first-order valence-corrected chi connectivity index (χ1v) is 11.2. The van der Waals surface area contributed by atoms with Gasteiger partial charge in [-0.2, -0.15) is 0 Å². The minimum absolute atomic E-state index is 0.0681. The molecule has 1 aliphatic carbocycles. The van der Waals surface area contributed by atoms with Gasteiger partial charge >= 0.3 is 12.1 Å². The number of carbonyl (C=O) groups is 3. The summed E-state index contributed by atoms with van der Waals surface area (Å²) in [5.41, 5.74) is 4.49. The zero-order valence-electron chi connectivity index (χ0n) is 18.6. The molecule has 33 heavy (non-hydrogen) atoms. The lowest BCUT2D eigenvalue weighted by atomic mass is 9.98. The molecule has 1 unspecified atom stereocenters. The van der Waals surface area contributed by atoms with E-state index in [0.29, 0.717) is 6.42 Å². The summed E-state index contributed by atoms with van der Waals surface area (Å²) < 4.78 is 5.56. The number of aliphatic carboxylic acids is 1. The van der Waals surface area contributed by atoms with Gasteiger partial charge in [0.25, 0.3) is 0 Å². The largest absolute Gasteiger partial charge is 0.480 e. The van der Waals surface area contributed by atoms with E-state index in [0.717, 1.165) is 35.1 Å². The molecule has 3 rings (SSSR count). The molecule has 0 aromatic heterocycles. The molecule has 0 saturated carbocycles. The van der Waals surface area contributed by atoms with Gasteiger partial charge in [0.1, 0.15) is 12.6 Å². The Morgan fingerprint density at radius 1 is 1.00 bits per heavy atom. The molecule has 0 saturated heterocycles. The van der Waals surface area contributed by atoms with Crippen LogP contribution in [0, 0.1) is 0 Å². The Hall–Kier alpha value is -3.39. The van der Waals surface area contributed by atoms with Crippen molar-refractivity contribution >= 4 is 18.0 Å². The number of rotatable bonds is 11. The summed E-state index contributed by atoms with van der Waals surface area (Å²) in [6.45, 7) is 1.45. The third kappa shape index (κ3) is 6.10. The second kappa shape index (κ2) is 11.5. The van der Waals surface area contributed by atoms with Crippen molar-refractivity contribution in [1.29, 1.82) is 0 Å². The highest BCUT2D eigenvalue weighted by molar-refractivity contribution is 5.84. The third-order valence-corrected chi connectivity index (χ3v) is 5.82. The van der Waals surface area contributed by atoms with Crippen LogP contribution in [0.4, 0.5) is 4.79 Å². The fourth-order valence-corrected chi connectivity index (χ4v) is 4.15. The Morgan fingerprint density at radius 2 is 1.61 bits per heavy atom. The molecule has 1 aliphatic rings. The van der Waals surface area contributed by atoms with Crippen LogP contribution in [0.15, 0.2) is 48.5 Å². The van der Waals surface area contributed by atoms with Crippen LogP contribution in [0.1, 0.15) is 49.7 Å². The van der Waals surface area contributed by atoms with Crippen molar-refractivity contribution in [3.63, 3.8) is 0 Å². The number of benzene rings is 2. The van der Waals surface area contributed by atoms with Crippen LogP contribution in [-0.2, 0) is 14.3 Å². The number of hydrogen-bond donors (Lipinski definition) is 4. The zero-order valence-corrected chi connectivity index (χ0v) is 18.6. The van der Waals surface area contributed by atoms with E-state index in [1.54, 1.807) is 0 Å².